The molecule has 0 N–H and O–H groups in total. The zero-order valence-electron chi connectivity index (χ0n) is 23.8. The standard InChI is InChI=1S/C31H40N2O6/c1-21-17-18-31(33(21)29(36)39-30(4,5)6)23(3)32(28(31)35)26(22(2)37-19-24-13-9-7-10-14-24)27(34)38-20-25-15-11-8-12-16-25/h7-16,21-23,26H,17-20H2,1-6H3. The van der Waals surface area contributed by atoms with Gasteiger partial charge < -0.3 is 19.1 Å². The van der Waals surface area contributed by atoms with Gasteiger partial charge in [-0.2, -0.15) is 0 Å². The fourth-order valence-electron chi connectivity index (χ4n) is 5.69. The van der Waals surface area contributed by atoms with Crippen molar-refractivity contribution in [2.45, 2.75) is 103 Å². The molecule has 8 nitrogen and oxygen atoms in total. The Hall–Kier alpha value is -3.39. The van der Waals surface area contributed by atoms with Gasteiger partial charge in [-0.1, -0.05) is 60.7 Å². The second-order valence-electron chi connectivity index (χ2n) is 11.6. The molecular weight excluding hydrogens is 496 g/mol. The van der Waals surface area contributed by atoms with Gasteiger partial charge in [0.2, 0.25) is 0 Å². The summed E-state index contributed by atoms with van der Waals surface area (Å²) in [7, 11) is 0. The van der Waals surface area contributed by atoms with Gasteiger partial charge in [-0.25, -0.2) is 9.59 Å². The number of carbonyl (C=O) groups excluding carboxylic acids is 3. The van der Waals surface area contributed by atoms with E-state index in [0.717, 1.165) is 11.1 Å². The molecule has 0 aliphatic carbocycles. The summed E-state index contributed by atoms with van der Waals surface area (Å²) in [6.07, 6.45) is 0.0244. The summed E-state index contributed by atoms with van der Waals surface area (Å²) < 4.78 is 17.5. The van der Waals surface area contributed by atoms with Gasteiger partial charge in [0.25, 0.3) is 5.91 Å². The maximum Gasteiger partial charge on any atom is 0.411 e. The molecule has 2 aromatic rings. The van der Waals surface area contributed by atoms with Crippen molar-refractivity contribution in [3.63, 3.8) is 0 Å². The molecule has 210 valence electrons. The van der Waals surface area contributed by atoms with E-state index in [-0.39, 0.29) is 25.2 Å². The van der Waals surface area contributed by atoms with Crippen LogP contribution in [0.5, 0.6) is 0 Å². The number of likely N-dealkylation sites (tertiary alicyclic amines) is 2. The van der Waals surface area contributed by atoms with Crippen LogP contribution in [0.15, 0.2) is 60.7 Å². The monoisotopic (exact) mass is 536 g/mol. The van der Waals surface area contributed by atoms with Crippen LogP contribution in [0.25, 0.3) is 0 Å². The van der Waals surface area contributed by atoms with Crippen LogP contribution in [-0.4, -0.2) is 63.1 Å². The van der Waals surface area contributed by atoms with Gasteiger partial charge in [0, 0.05) is 6.04 Å². The Labute approximate surface area is 231 Å². The third-order valence-corrected chi connectivity index (χ3v) is 7.68. The van der Waals surface area contributed by atoms with Gasteiger partial charge in [-0.05, 0) is 65.5 Å². The zero-order chi connectivity index (χ0) is 28.4. The number of rotatable bonds is 8. The average Bonchev–Trinajstić information content (AvgIpc) is 3.28. The van der Waals surface area contributed by atoms with E-state index in [0.29, 0.717) is 12.8 Å². The number of hydrogen-bond donors (Lipinski definition) is 0. The SMILES string of the molecule is CC(OCc1ccccc1)C(C(=O)OCc1ccccc1)N1C(=O)C2(CCC(C)N2C(=O)OC(C)(C)C)C1C. The molecule has 39 heavy (non-hydrogen) atoms. The molecule has 8 heteroatoms. The van der Waals surface area contributed by atoms with Crippen LogP contribution < -0.4 is 0 Å². The number of benzene rings is 2. The van der Waals surface area contributed by atoms with E-state index in [1.165, 1.54) is 0 Å². The van der Waals surface area contributed by atoms with E-state index in [1.807, 2.05) is 74.5 Å². The first-order valence-corrected chi connectivity index (χ1v) is 13.7. The lowest BCUT2D eigenvalue weighted by molar-refractivity contribution is -0.193. The minimum Gasteiger partial charge on any atom is -0.459 e. The Kier molecular flexibility index (Phi) is 8.35. The van der Waals surface area contributed by atoms with Crippen LogP contribution in [0.2, 0.25) is 0 Å². The molecule has 2 fully saturated rings. The Morgan fingerprint density at radius 2 is 1.54 bits per heavy atom. The molecule has 5 unspecified atom stereocenters. The van der Waals surface area contributed by atoms with Crippen LogP contribution >= 0.6 is 0 Å². The van der Waals surface area contributed by atoms with Gasteiger partial charge in [-0.3, -0.25) is 9.69 Å². The molecule has 2 saturated heterocycles. The van der Waals surface area contributed by atoms with Gasteiger partial charge >= 0.3 is 12.1 Å². The van der Waals surface area contributed by atoms with Crippen molar-refractivity contribution in [1.29, 1.82) is 0 Å². The van der Waals surface area contributed by atoms with Crippen molar-refractivity contribution in [3.05, 3.63) is 71.8 Å². The Balaban J connectivity index is 1.57. The number of hydrogen-bond acceptors (Lipinski definition) is 6. The predicted octanol–water partition coefficient (Wildman–Crippen LogP) is 5.09. The molecule has 0 radical (unpaired) electrons. The first-order valence-electron chi connectivity index (χ1n) is 13.7. The molecule has 0 saturated carbocycles. The quantitative estimate of drug-likeness (QED) is 0.345. The highest BCUT2D eigenvalue weighted by Crippen LogP contribution is 2.48. The van der Waals surface area contributed by atoms with Gasteiger partial charge in [-0.15, -0.1) is 0 Å². The molecule has 2 heterocycles. The molecular formula is C31H40N2O6. The van der Waals surface area contributed by atoms with Crippen molar-refractivity contribution in [2.75, 3.05) is 0 Å². The van der Waals surface area contributed by atoms with E-state index < -0.39 is 41.4 Å². The van der Waals surface area contributed by atoms with Crippen molar-refractivity contribution >= 4 is 18.0 Å². The van der Waals surface area contributed by atoms with Gasteiger partial charge in [0.1, 0.15) is 17.7 Å². The zero-order valence-corrected chi connectivity index (χ0v) is 23.8. The summed E-state index contributed by atoms with van der Waals surface area (Å²) in [6, 6.07) is 17.5. The van der Waals surface area contributed by atoms with Crippen molar-refractivity contribution in [2.24, 2.45) is 0 Å². The number of amides is 2. The van der Waals surface area contributed by atoms with Crippen LogP contribution in [0.4, 0.5) is 4.79 Å². The maximum absolute atomic E-state index is 14.0. The topological polar surface area (TPSA) is 85.4 Å². The van der Waals surface area contributed by atoms with Crippen LogP contribution in [-0.2, 0) is 37.0 Å². The van der Waals surface area contributed by atoms with Gasteiger partial charge in [0.15, 0.2) is 6.04 Å². The average molecular weight is 537 g/mol. The number of β-lactam (4-membered cyclic amide) rings is 1. The molecule has 0 bridgehead atoms. The Morgan fingerprint density at radius 1 is 0.974 bits per heavy atom. The number of esters is 1. The van der Waals surface area contributed by atoms with Crippen LogP contribution in [0.1, 0.15) is 65.5 Å². The summed E-state index contributed by atoms with van der Waals surface area (Å²) in [5.41, 5.74) is 0.0576. The Bertz CT molecular complexity index is 1160. The molecule has 2 aliphatic rings. The fraction of sp³-hybridized carbons (Fsp3) is 0.516. The first kappa shape index (κ1) is 28.6. The summed E-state index contributed by atoms with van der Waals surface area (Å²) in [4.78, 5) is 44.0. The normalized spacial score (nSPS) is 24.3. The molecule has 0 aromatic heterocycles. The second kappa shape index (κ2) is 11.4. The Morgan fingerprint density at radius 3 is 2.08 bits per heavy atom. The maximum atomic E-state index is 14.0. The van der Waals surface area contributed by atoms with Crippen LogP contribution in [0, 0.1) is 0 Å². The van der Waals surface area contributed by atoms with Crippen molar-refractivity contribution in [1.82, 2.24) is 9.80 Å². The number of ether oxygens (including phenoxy) is 3. The largest absolute Gasteiger partial charge is 0.459 e. The van der Waals surface area contributed by atoms with Crippen molar-refractivity contribution < 1.29 is 28.6 Å². The molecule has 2 aromatic carbocycles. The number of nitrogens with zero attached hydrogens (tertiary/aromatic N) is 2. The second-order valence-corrected chi connectivity index (χ2v) is 11.6. The minimum atomic E-state index is -1.06. The molecule has 5 atom stereocenters. The lowest BCUT2D eigenvalue weighted by Crippen LogP contribution is -2.82. The fourth-order valence-corrected chi connectivity index (χ4v) is 5.69. The van der Waals surface area contributed by atoms with E-state index in [4.69, 9.17) is 14.2 Å². The predicted molar refractivity (Wildman–Crippen MR) is 147 cm³/mol. The summed E-state index contributed by atoms with van der Waals surface area (Å²) in [5, 5.41) is 0. The van der Waals surface area contributed by atoms with E-state index in [1.54, 1.807) is 37.5 Å². The lowest BCUT2D eigenvalue weighted by atomic mass is 9.75. The van der Waals surface area contributed by atoms with E-state index >= 15 is 0 Å². The van der Waals surface area contributed by atoms with Crippen molar-refractivity contribution in [3.8, 4) is 0 Å². The highest BCUT2D eigenvalue weighted by Gasteiger charge is 2.69. The third-order valence-electron chi connectivity index (χ3n) is 7.68. The van der Waals surface area contributed by atoms with E-state index in [9.17, 15) is 14.4 Å². The molecule has 2 aliphatic heterocycles. The minimum absolute atomic E-state index is 0.0875. The summed E-state index contributed by atoms with van der Waals surface area (Å²) >= 11 is 0. The summed E-state index contributed by atoms with van der Waals surface area (Å²) in [5.74, 6) is -0.814. The first-order chi connectivity index (χ1) is 18.5. The van der Waals surface area contributed by atoms with E-state index in [2.05, 4.69) is 0 Å². The highest BCUT2D eigenvalue weighted by atomic mass is 16.6. The molecule has 2 amide bonds. The smallest absolute Gasteiger partial charge is 0.411 e. The molecule has 1 spiro atoms. The summed E-state index contributed by atoms with van der Waals surface area (Å²) in [6.45, 7) is 11.4. The third kappa shape index (κ3) is 5.81. The lowest BCUT2D eigenvalue weighted by Gasteiger charge is -2.59. The molecule has 4 rings (SSSR count). The number of carbonyl (C=O) groups is 3. The highest BCUT2D eigenvalue weighted by molar-refractivity contribution is 6.00. The van der Waals surface area contributed by atoms with Crippen LogP contribution in [0.3, 0.4) is 0 Å². The van der Waals surface area contributed by atoms with Gasteiger partial charge in [0.05, 0.1) is 18.8 Å².